The Hall–Kier alpha value is -0.260. The number of piperazine rings is 1. The maximum Gasteiger partial charge on any atom is 0.240 e. The summed E-state index contributed by atoms with van der Waals surface area (Å²) in [7, 11) is 0. The van der Waals surface area contributed by atoms with E-state index in [-0.39, 0.29) is 6.04 Å². The normalized spacial score (nSPS) is 33.6. The van der Waals surface area contributed by atoms with Crippen LogP contribution in [0, 0.1) is 0 Å². The van der Waals surface area contributed by atoms with Crippen molar-refractivity contribution in [2.24, 2.45) is 0 Å². The van der Waals surface area contributed by atoms with Gasteiger partial charge in [-0.15, -0.1) is 0 Å². The van der Waals surface area contributed by atoms with E-state index >= 15 is 0 Å². The molecule has 3 rings (SSSR count). The molecule has 0 aliphatic carbocycles. The Morgan fingerprint density at radius 1 is 1.11 bits per heavy atom. The second-order valence-corrected chi connectivity index (χ2v) is 6.99. The molecule has 2 unspecified atom stereocenters. The summed E-state index contributed by atoms with van der Waals surface area (Å²) in [6, 6.07) is 0.833. The molecule has 0 spiro atoms. The zero-order valence-corrected chi connectivity index (χ0v) is 12.5. The molecule has 19 heavy (non-hydrogen) atoms. The van der Waals surface area contributed by atoms with Crippen molar-refractivity contribution in [1.29, 1.82) is 0 Å². The lowest BCUT2D eigenvalue weighted by molar-refractivity contribution is -0.137. The Morgan fingerprint density at radius 2 is 1.95 bits per heavy atom. The Labute approximate surface area is 120 Å². The van der Waals surface area contributed by atoms with Gasteiger partial charge in [-0.3, -0.25) is 9.69 Å². The number of carbonyl (C=O) groups is 1. The maximum atomic E-state index is 12.7. The smallest absolute Gasteiger partial charge is 0.240 e. The number of hydrogen-bond acceptors (Lipinski definition) is 4. The molecule has 0 saturated carbocycles. The Bertz CT molecular complexity index is 314. The number of carbonyl (C=O) groups excluding carboxylic acids is 1. The molecule has 3 saturated heterocycles. The average molecular weight is 283 g/mol. The minimum Gasteiger partial charge on any atom is -0.339 e. The van der Waals surface area contributed by atoms with E-state index in [1.165, 1.54) is 30.8 Å². The summed E-state index contributed by atoms with van der Waals surface area (Å²) in [5, 5.41) is 3.32. The highest BCUT2D eigenvalue weighted by Crippen LogP contribution is 2.29. The molecule has 0 radical (unpaired) electrons. The van der Waals surface area contributed by atoms with E-state index in [0.29, 0.717) is 11.9 Å². The minimum absolute atomic E-state index is 0.182. The van der Waals surface area contributed by atoms with Crippen LogP contribution in [-0.2, 0) is 4.79 Å². The van der Waals surface area contributed by atoms with Crippen LogP contribution < -0.4 is 5.32 Å². The van der Waals surface area contributed by atoms with Crippen LogP contribution >= 0.6 is 11.8 Å². The van der Waals surface area contributed by atoms with Gasteiger partial charge in [-0.05, 0) is 38.0 Å². The third-order valence-electron chi connectivity index (χ3n) is 4.61. The monoisotopic (exact) mass is 283 g/mol. The number of hydrogen-bond donors (Lipinski definition) is 1. The molecule has 0 aromatic heterocycles. The Balaban J connectivity index is 1.62. The molecular weight excluding hydrogens is 258 g/mol. The van der Waals surface area contributed by atoms with Gasteiger partial charge in [0.2, 0.25) is 5.91 Å². The number of nitrogens with zero attached hydrogens (tertiary/aromatic N) is 2. The number of thioether (sulfide) groups is 1. The largest absolute Gasteiger partial charge is 0.339 e. The lowest BCUT2D eigenvalue weighted by atomic mass is 10.1. The van der Waals surface area contributed by atoms with Crippen LogP contribution in [0.3, 0.4) is 0 Å². The van der Waals surface area contributed by atoms with Gasteiger partial charge in [0.1, 0.15) is 0 Å². The van der Waals surface area contributed by atoms with Crippen LogP contribution in [0.15, 0.2) is 0 Å². The SMILES string of the molecule is O=C(C1CCCN1C1CCCSC1)N1CCNCC1. The molecule has 0 bridgehead atoms. The van der Waals surface area contributed by atoms with E-state index in [1.807, 2.05) is 0 Å². The molecule has 3 aliphatic heterocycles. The van der Waals surface area contributed by atoms with E-state index in [4.69, 9.17) is 0 Å². The number of nitrogens with one attached hydrogen (secondary N) is 1. The van der Waals surface area contributed by atoms with Crippen molar-refractivity contribution in [2.45, 2.75) is 37.8 Å². The van der Waals surface area contributed by atoms with Gasteiger partial charge < -0.3 is 10.2 Å². The summed E-state index contributed by atoms with van der Waals surface area (Å²) >= 11 is 2.06. The molecule has 1 amide bonds. The van der Waals surface area contributed by atoms with Crippen molar-refractivity contribution in [2.75, 3.05) is 44.2 Å². The van der Waals surface area contributed by atoms with Crippen LogP contribution in [0.25, 0.3) is 0 Å². The first kappa shape index (κ1) is 13.7. The van der Waals surface area contributed by atoms with Gasteiger partial charge in [-0.2, -0.15) is 11.8 Å². The Kier molecular flexibility index (Phi) is 4.66. The van der Waals surface area contributed by atoms with Gasteiger partial charge >= 0.3 is 0 Å². The lowest BCUT2D eigenvalue weighted by Gasteiger charge is -2.37. The zero-order chi connectivity index (χ0) is 13.1. The number of amides is 1. The minimum atomic E-state index is 0.182. The fraction of sp³-hybridized carbons (Fsp3) is 0.929. The summed E-state index contributed by atoms with van der Waals surface area (Å²) in [6.07, 6.45) is 4.88. The first-order valence-corrected chi connectivity index (χ1v) is 8.85. The summed E-state index contributed by atoms with van der Waals surface area (Å²) in [6.45, 7) is 4.83. The first-order valence-electron chi connectivity index (χ1n) is 7.69. The van der Waals surface area contributed by atoms with Crippen molar-refractivity contribution in [3.05, 3.63) is 0 Å². The predicted octanol–water partition coefficient (Wildman–Crippen LogP) is 0.778. The Morgan fingerprint density at radius 3 is 2.68 bits per heavy atom. The quantitative estimate of drug-likeness (QED) is 0.812. The van der Waals surface area contributed by atoms with Crippen molar-refractivity contribution >= 4 is 17.7 Å². The highest BCUT2D eigenvalue weighted by molar-refractivity contribution is 7.99. The van der Waals surface area contributed by atoms with Crippen molar-refractivity contribution in [3.63, 3.8) is 0 Å². The molecule has 2 atom stereocenters. The van der Waals surface area contributed by atoms with E-state index in [9.17, 15) is 4.79 Å². The highest BCUT2D eigenvalue weighted by atomic mass is 32.2. The molecule has 5 heteroatoms. The van der Waals surface area contributed by atoms with E-state index < -0.39 is 0 Å². The summed E-state index contributed by atoms with van der Waals surface area (Å²) in [4.78, 5) is 17.3. The van der Waals surface area contributed by atoms with Crippen molar-refractivity contribution in [3.8, 4) is 0 Å². The van der Waals surface area contributed by atoms with Crippen LogP contribution in [0.4, 0.5) is 0 Å². The maximum absolute atomic E-state index is 12.7. The summed E-state index contributed by atoms with van der Waals surface area (Å²) in [5.74, 6) is 2.93. The van der Waals surface area contributed by atoms with Gasteiger partial charge in [0.05, 0.1) is 6.04 Å². The molecule has 3 fully saturated rings. The molecule has 4 nitrogen and oxygen atoms in total. The topological polar surface area (TPSA) is 35.6 Å². The third-order valence-corrected chi connectivity index (χ3v) is 5.81. The van der Waals surface area contributed by atoms with Crippen LogP contribution in [0.5, 0.6) is 0 Å². The molecule has 3 aliphatic rings. The highest BCUT2D eigenvalue weighted by Gasteiger charge is 2.37. The average Bonchev–Trinajstić information content (AvgIpc) is 2.98. The first-order chi connectivity index (χ1) is 9.36. The van der Waals surface area contributed by atoms with E-state index in [2.05, 4.69) is 26.9 Å². The van der Waals surface area contributed by atoms with Crippen molar-refractivity contribution in [1.82, 2.24) is 15.1 Å². The summed E-state index contributed by atoms with van der Waals surface area (Å²) in [5.41, 5.74) is 0. The lowest BCUT2D eigenvalue weighted by Crippen LogP contribution is -2.54. The van der Waals surface area contributed by atoms with Crippen molar-refractivity contribution < 1.29 is 4.79 Å². The molecule has 1 N–H and O–H groups in total. The third kappa shape index (κ3) is 3.09. The molecule has 0 aromatic carbocycles. The number of likely N-dealkylation sites (tertiary alicyclic amines) is 1. The molecule has 108 valence electrons. The molecule has 3 heterocycles. The predicted molar refractivity (Wildman–Crippen MR) is 79.5 cm³/mol. The summed E-state index contributed by atoms with van der Waals surface area (Å²) < 4.78 is 0. The zero-order valence-electron chi connectivity index (χ0n) is 11.6. The van der Waals surface area contributed by atoms with E-state index in [0.717, 1.165) is 39.1 Å². The van der Waals surface area contributed by atoms with E-state index in [1.54, 1.807) is 0 Å². The van der Waals surface area contributed by atoms with Gasteiger partial charge in [-0.25, -0.2) is 0 Å². The number of rotatable bonds is 2. The second-order valence-electron chi connectivity index (χ2n) is 5.84. The fourth-order valence-electron chi connectivity index (χ4n) is 3.57. The van der Waals surface area contributed by atoms with Crippen LogP contribution in [0.1, 0.15) is 25.7 Å². The van der Waals surface area contributed by atoms with Crippen LogP contribution in [-0.4, -0.2) is 72.0 Å². The molecular formula is C14H25N3OS. The molecule has 0 aromatic rings. The standard InChI is InChI=1S/C14H25N3OS/c18-14(16-8-5-15-6-9-16)13-4-1-7-17(13)12-3-2-10-19-11-12/h12-13,15H,1-11H2. The second kappa shape index (κ2) is 6.46. The fourth-order valence-corrected chi connectivity index (χ4v) is 4.74. The van der Waals surface area contributed by atoms with Gasteiger partial charge in [-0.1, -0.05) is 0 Å². The van der Waals surface area contributed by atoms with Gasteiger partial charge in [0, 0.05) is 38.0 Å². The van der Waals surface area contributed by atoms with Gasteiger partial charge in [0.25, 0.3) is 0 Å². The van der Waals surface area contributed by atoms with Gasteiger partial charge in [0.15, 0.2) is 0 Å². The van der Waals surface area contributed by atoms with Crippen LogP contribution in [0.2, 0.25) is 0 Å².